The van der Waals surface area contributed by atoms with E-state index in [4.69, 9.17) is 9.47 Å². The number of hydrogen-bond donors (Lipinski definition) is 0. The van der Waals surface area contributed by atoms with Gasteiger partial charge in [0.1, 0.15) is 0 Å². The fraction of sp³-hybridized carbons (Fsp3) is 0.182. The Morgan fingerprint density at radius 3 is 2.68 bits per heavy atom. The molecular formula is C22H21BrN2O3. The number of hydrogen-bond acceptors (Lipinski definition) is 4. The van der Waals surface area contributed by atoms with E-state index in [2.05, 4.69) is 27.0 Å². The molecule has 1 heterocycles. The molecule has 3 rings (SSSR count). The first kappa shape index (κ1) is 19.9. The Balaban J connectivity index is 1.82. The fourth-order valence-electron chi connectivity index (χ4n) is 2.60. The summed E-state index contributed by atoms with van der Waals surface area (Å²) in [5, 5.41) is 1.11. The van der Waals surface area contributed by atoms with Crippen LogP contribution in [0.1, 0.15) is 11.3 Å². The minimum atomic E-state index is -0.125. The Labute approximate surface area is 172 Å². The number of fused-ring (bicyclic) bond motifs is 1. The summed E-state index contributed by atoms with van der Waals surface area (Å²) in [6.07, 6.45) is 3.91. The molecule has 0 aliphatic carbocycles. The van der Waals surface area contributed by atoms with Crippen molar-refractivity contribution in [3.05, 3.63) is 64.3 Å². The van der Waals surface area contributed by atoms with Crippen LogP contribution in [0.3, 0.4) is 0 Å². The molecule has 0 bridgehead atoms. The number of likely N-dealkylation sites (N-methyl/N-ethyl adjacent to an activating group) is 1. The lowest BCUT2D eigenvalue weighted by Crippen LogP contribution is -2.27. The van der Waals surface area contributed by atoms with E-state index in [0.717, 1.165) is 22.2 Å². The van der Waals surface area contributed by atoms with E-state index >= 15 is 0 Å². The second-order valence-corrected chi connectivity index (χ2v) is 7.23. The molecule has 0 unspecified atom stereocenters. The number of carbonyl (C=O) groups excluding carboxylic acids is 1. The van der Waals surface area contributed by atoms with Crippen LogP contribution in [0.2, 0.25) is 0 Å². The molecular weight excluding hydrogens is 420 g/mol. The third-order valence-electron chi connectivity index (χ3n) is 4.16. The van der Waals surface area contributed by atoms with Crippen LogP contribution in [0.15, 0.2) is 53.0 Å². The number of rotatable bonds is 6. The van der Waals surface area contributed by atoms with Gasteiger partial charge in [0, 0.05) is 19.5 Å². The van der Waals surface area contributed by atoms with Crippen molar-refractivity contribution in [2.24, 2.45) is 0 Å². The predicted molar refractivity (Wildman–Crippen MR) is 116 cm³/mol. The highest BCUT2D eigenvalue weighted by Gasteiger charge is 2.13. The molecule has 28 heavy (non-hydrogen) atoms. The van der Waals surface area contributed by atoms with Crippen LogP contribution >= 0.6 is 15.9 Å². The summed E-state index contributed by atoms with van der Waals surface area (Å²) in [4.78, 5) is 17.9. The highest BCUT2D eigenvalue weighted by Crippen LogP contribution is 2.37. The van der Waals surface area contributed by atoms with Crippen LogP contribution in [0.5, 0.6) is 11.5 Å². The minimum Gasteiger partial charge on any atom is -0.493 e. The maximum Gasteiger partial charge on any atom is 0.259 e. The van der Waals surface area contributed by atoms with Gasteiger partial charge in [0.25, 0.3) is 5.91 Å². The first-order chi connectivity index (χ1) is 13.5. The number of aromatic nitrogens is 1. The first-order valence-corrected chi connectivity index (χ1v) is 9.51. The molecule has 6 heteroatoms. The normalized spacial score (nSPS) is 11.0. The van der Waals surface area contributed by atoms with E-state index in [-0.39, 0.29) is 12.5 Å². The van der Waals surface area contributed by atoms with Crippen LogP contribution in [-0.2, 0) is 4.79 Å². The quantitative estimate of drug-likeness (QED) is 0.559. The second-order valence-electron chi connectivity index (χ2n) is 6.37. The van der Waals surface area contributed by atoms with Crippen molar-refractivity contribution in [1.29, 1.82) is 0 Å². The van der Waals surface area contributed by atoms with Crippen molar-refractivity contribution in [2.75, 3.05) is 27.8 Å². The molecule has 0 saturated carbocycles. The van der Waals surface area contributed by atoms with Gasteiger partial charge in [0.05, 0.1) is 22.8 Å². The van der Waals surface area contributed by atoms with Crippen LogP contribution < -0.4 is 9.47 Å². The van der Waals surface area contributed by atoms with Crippen molar-refractivity contribution >= 4 is 44.9 Å². The highest BCUT2D eigenvalue weighted by atomic mass is 79.9. The van der Waals surface area contributed by atoms with Gasteiger partial charge >= 0.3 is 0 Å². The standard InChI is InChI=1S/C22H21BrN2O3/c1-25(2)21(26)14-28-22-18(23)12-15(13-20(22)27-3)8-10-17-11-9-16-6-4-5-7-19(16)24-17/h4-13H,14H2,1-3H3/b10-8+. The van der Waals surface area contributed by atoms with Gasteiger partial charge in [-0.1, -0.05) is 30.3 Å². The van der Waals surface area contributed by atoms with E-state index in [1.165, 1.54) is 4.90 Å². The molecule has 1 aromatic heterocycles. The largest absolute Gasteiger partial charge is 0.493 e. The summed E-state index contributed by atoms with van der Waals surface area (Å²) < 4.78 is 11.8. The van der Waals surface area contributed by atoms with Gasteiger partial charge < -0.3 is 14.4 Å². The molecule has 0 aliphatic rings. The molecule has 0 fully saturated rings. The summed E-state index contributed by atoms with van der Waals surface area (Å²) >= 11 is 3.51. The van der Waals surface area contributed by atoms with Gasteiger partial charge in [-0.15, -0.1) is 0 Å². The molecule has 0 N–H and O–H groups in total. The van der Waals surface area contributed by atoms with Crippen molar-refractivity contribution in [2.45, 2.75) is 0 Å². The van der Waals surface area contributed by atoms with Crippen LogP contribution in [0, 0.1) is 0 Å². The Hall–Kier alpha value is -2.86. The smallest absolute Gasteiger partial charge is 0.259 e. The summed E-state index contributed by atoms with van der Waals surface area (Å²) in [5.74, 6) is 0.922. The lowest BCUT2D eigenvalue weighted by molar-refractivity contribution is -0.130. The number of pyridine rings is 1. The monoisotopic (exact) mass is 440 g/mol. The van der Waals surface area contributed by atoms with Gasteiger partial charge in [-0.3, -0.25) is 4.79 Å². The third-order valence-corrected chi connectivity index (χ3v) is 4.75. The molecule has 5 nitrogen and oxygen atoms in total. The van der Waals surface area contributed by atoms with Gasteiger partial charge in [0.2, 0.25) is 0 Å². The van der Waals surface area contributed by atoms with Crippen molar-refractivity contribution in [1.82, 2.24) is 9.88 Å². The van der Waals surface area contributed by atoms with E-state index in [9.17, 15) is 4.79 Å². The lowest BCUT2D eigenvalue weighted by Gasteiger charge is -2.15. The van der Waals surface area contributed by atoms with E-state index < -0.39 is 0 Å². The Bertz CT molecular complexity index is 1030. The van der Waals surface area contributed by atoms with Crippen molar-refractivity contribution in [3.63, 3.8) is 0 Å². The molecule has 3 aromatic rings. The Morgan fingerprint density at radius 2 is 1.93 bits per heavy atom. The number of carbonyl (C=O) groups is 1. The molecule has 0 atom stereocenters. The highest BCUT2D eigenvalue weighted by molar-refractivity contribution is 9.10. The summed E-state index contributed by atoms with van der Waals surface area (Å²) in [6.45, 7) is -0.0574. The number of benzene rings is 2. The maximum absolute atomic E-state index is 11.8. The average Bonchev–Trinajstić information content (AvgIpc) is 2.70. The molecule has 0 spiro atoms. The number of ether oxygens (including phenoxy) is 2. The minimum absolute atomic E-state index is 0.0574. The summed E-state index contributed by atoms with van der Waals surface area (Å²) in [7, 11) is 4.94. The van der Waals surface area contributed by atoms with Crippen LogP contribution in [0.25, 0.3) is 23.1 Å². The number of methoxy groups -OCH3 is 1. The van der Waals surface area contributed by atoms with Gasteiger partial charge in [-0.2, -0.15) is 0 Å². The molecule has 1 amide bonds. The average molecular weight is 441 g/mol. The van der Waals surface area contributed by atoms with Crippen LogP contribution in [-0.4, -0.2) is 43.6 Å². The summed E-state index contributed by atoms with van der Waals surface area (Å²) in [6, 6.07) is 15.8. The first-order valence-electron chi connectivity index (χ1n) is 8.72. The second kappa shape index (κ2) is 8.89. The zero-order chi connectivity index (χ0) is 20.1. The molecule has 0 saturated heterocycles. The SMILES string of the molecule is COc1cc(/C=C/c2ccc3ccccc3n2)cc(Br)c1OCC(=O)N(C)C. The van der Waals surface area contributed by atoms with Crippen LogP contribution in [0.4, 0.5) is 0 Å². The number of amides is 1. The zero-order valence-corrected chi connectivity index (χ0v) is 17.6. The van der Waals surface area contributed by atoms with Crippen molar-refractivity contribution in [3.8, 4) is 11.5 Å². The topological polar surface area (TPSA) is 51.7 Å². The number of para-hydroxylation sites is 1. The van der Waals surface area contributed by atoms with Crippen molar-refractivity contribution < 1.29 is 14.3 Å². The third kappa shape index (κ3) is 4.70. The molecule has 144 valence electrons. The summed E-state index contributed by atoms with van der Waals surface area (Å²) in [5.41, 5.74) is 2.74. The van der Waals surface area contributed by atoms with Gasteiger partial charge in [-0.05, 0) is 51.8 Å². The maximum atomic E-state index is 11.8. The molecule has 0 radical (unpaired) electrons. The molecule has 0 aliphatic heterocycles. The van der Waals surface area contributed by atoms with Gasteiger partial charge in [-0.25, -0.2) is 4.98 Å². The predicted octanol–water partition coefficient (Wildman–Crippen LogP) is 4.64. The Kier molecular flexibility index (Phi) is 6.31. The number of halogens is 1. The van der Waals surface area contributed by atoms with E-state index in [1.807, 2.05) is 54.6 Å². The fourth-order valence-corrected chi connectivity index (χ4v) is 3.17. The van der Waals surface area contributed by atoms with Gasteiger partial charge in [0.15, 0.2) is 18.1 Å². The zero-order valence-electron chi connectivity index (χ0n) is 16.0. The van der Waals surface area contributed by atoms with E-state index in [0.29, 0.717) is 16.0 Å². The Morgan fingerprint density at radius 1 is 1.14 bits per heavy atom. The van der Waals surface area contributed by atoms with E-state index in [1.54, 1.807) is 21.2 Å². The number of nitrogens with zero attached hydrogens (tertiary/aromatic N) is 2. The lowest BCUT2D eigenvalue weighted by atomic mass is 10.1. The molecule has 2 aromatic carbocycles.